The van der Waals surface area contributed by atoms with Crippen molar-refractivity contribution >= 4 is 34.8 Å². The molecule has 0 radical (unpaired) electrons. The Labute approximate surface area is 188 Å². The molecule has 0 aliphatic carbocycles. The van der Waals surface area contributed by atoms with Crippen LogP contribution < -0.4 is 15.5 Å². The largest absolute Gasteiger partial charge is 0.462 e. The predicted octanol–water partition coefficient (Wildman–Crippen LogP) is 2.97. The Hall–Kier alpha value is -3.39. The Morgan fingerprint density at radius 2 is 1.56 bits per heavy atom. The van der Waals surface area contributed by atoms with Crippen molar-refractivity contribution in [3.8, 4) is 0 Å². The summed E-state index contributed by atoms with van der Waals surface area (Å²) in [7, 11) is 2.11. The summed E-state index contributed by atoms with van der Waals surface area (Å²) in [6.07, 6.45) is 1.67. The number of carbonyl (C=O) groups is 3. The number of amides is 2. The fourth-order valence-electron chi connectivity index (χ4n) is 3.34. The second-order valence-electron chi connectivity index (χ2n) is 7.78. The van der Waals surface area contributed by atoms with Crippen molar-refractivity contribution in [1.29, 1.82) is 0 Å². The third kappa shape index (κ3) is 6.31. The third-order valence-corrected chi connectivity index (χ3v) is 5.33. The number of ether oxygens (including phenoxy) is 1. The Morgan fingerprint density at radius 3 is 2.25 bits per heavy atom. The van der Waals surface area contributed by atoms with E-state index < -0.39 is 17.8 Å². The lowest BCUT2D eigenvalue weighted by Crippen LogP contribution is -2.44. The van der Waals surface area contributed by atoms with Gasteiger partial charge in [0.1, 0.15) is 0 Å². The van der Waals surface area contributed by atoms with Gasteiger partial charge in [0.15, 0.2) is 0 Å². The van der Waals surface area contributed by atoms with Gasteiger partial charge in [-0.05, 0) is 49.9 Å². The highest BCUT2D eigenvalue weighted by atomic mass is 16.5. The molecule has 0 aromatic heterocycles. The molecule has 2 amide bonds. The van der Waals surface area contributed by atoms with Crippen molar-refractivity contribution in [3.05, 3.63) is 54.1 Å². The van der Waals surface area contributed by atoms with Crippen molar-refractivity contribution in [2.75, 3.05) is 55.4 Å². The number of para-hydroxylation sites is 1. The lowest BCUT2D eigenvalue weighted by atomic mass is 10.1. The van der Waals surface area contributed by atoms with Crippen LogP contribution in [-0.4, -0.2) is 62.5 Å². The zero-order valence-electron chi connectivity index (χ0n) is 18.6. The highest BCUT2D eigenvalue weighted by Gasteiger charge is 2.19. The van der Waals surface area contributed by atoms with Crippen molar-refractivity contribution in [3.63, 3.8) is 0 Å². The molecule has 0 saturated carbocycles. The maximum absolute atomic E-state index is 12.4. The van der Waals surface area contributed by atoms with Crippen LogP contribution in [0.15, 0.2) is 48.5 Å². The van der Waals surface area contributed by atoms with Crippen LogP contribution >= 0.6 is 0 Å². The number of nitrogens with zero attached hydrogens (tertiary/aromatic N) is 2. The molecule has 1 heterocycles. The molecule has 1 aliphatic heterocycles. The number of nitrogens with one attached hydrogen (secondary N) is 2. The smallest absolute Gasteiger partial charge is 0.340 e. The number of rotatable bonds is 7. The molecule has 8 nitrogen and oxygen atoms in total. The summed E-state index contributed by atoms with van der Waals surface area (Å²) in [4.78, 5) is 41.6. The van der Waals surface area contributed by atoms with Crippen LogP contribution in [0.2, 0.25) is 0 Å². The molecule has 170 valence electrons. The predicted molar refractivity (Wildman–Crippen MR) is 125 cm³/mol. The molecule has 2 aromatic rings. The van der Waals surface area contributed by atoms with Gasteiger partial charge in [-0.15, -0.1) is 0 Å². The van der Waals surface area contributed by atoms with Crippen molar-refractivity contribution in [2.45, 2.75) is 19.8 Å². The molecular weight excluding hydrogens is 408 g/mol. The van der Waals surface area contributed by atoms with Crippen molar-refractivity contribution in [1.82, 2.24) is 4.90 Å². The lowest BCUT2D eigenvalue weighted by molar-refractivity contribution is -0.133. The Balaban J connectivity index is 1.57. The molecule has 0 atom stereocenters. The minimum Gasteiger partial charge on any atom is -0.462 e. The first-order valence-electron chi connectivity index (χ1n) is 10.9. The molecule has 0 spiro atoms. The fourth-order valence-corrected chi connectivity index (χ4v) is 3.34. The summed E-state index contributed by atoms with van der Waals surface area (Å²) >= 11 is 0. The Morgan fingerprint density at radius 1 is 0.906 bits per heavy atom. The number of anilines is 3. The van der Waals surface area contributed by atoms with Crippen LogP contribution in [0.25, 0.3) is 0 Å². The van der Waals surface area contributed by atoms with Crippen molar-refractivity contribution < 1.29 is 19.1 Å². The van der Waals surface area contributed by atoms with E-state index in [0.29, 0.717) is 12.3 Å². The number of benzene rings is 2. The maximum Gasteiger partial charge on any atom is 0.340 e. The zero-order chi connectivity index (χ0) is 22.9. The molecule has 32 heavy (non-hydrogen) atoms. The molecule has 3 rings (SSSR count). The summed E-state index contributed by atoms with van der Waals surface area (Å²) in [5, 5.41) is 5.10. The van der Waals surface area contributed by atoms with Gasteiger partial charge in [0, 0.05) is 37.6 Å². The van der Waals surface area contributed by atoms with Gasteiger partial charge >= 0.3 is 17.8 Å². The van der Waals surface area contributed by atoms with Gasteiger partial charge < -0.3 is 25.2 Å². The molecule has 1 fully saturated rings. The fraction of sp³-hybridized carbons (Fsp3) is 0.375. The first-order valence-corrected chi connectivity index (χ1v) is 10.9. The number of hydrogen-bond acceptors (Lipinski definition) is 6. The Kier molecular flexibility index (Phi) is 8.21. The minimum absolute atomic E-state index is 0.210. The standard InChI is InChI=1S/C24H30N4O4/c1-3-4-17-32-24(31)20-7-5-6-8-21(20)26-23(30)22(29)25-18-9-11-19(12-10-18)28-15-13-27(2)14-16-28/h5-12H,3-4,13-17H2,1-2H3,(H,25,29)(H,26,30). The highest BCUT2D eigenvalue weighted by Crippen LogP contribution is 2.20. The second-order valence-corrected chi connectivity index (χ2v) is 7.78. The molecule has 2 aromatic carbocycles. The summed E-state index contributed by atoms with van der Waals surface area (Å²) in [6.45, 7) is 6.22. The highest BCUT2D eigenvalue weighted by molar-refractivity contribution is 6.44. The zero-order valence-corrected chi connectivity index (χ0v) is 18.6. The summed E-state index contributed by atoms with van der Waals surface area (Å²) in [5.41, 5.74) is 2.05. The minimum atomic E-state index is -0.859. The van der Waals surface area contributed by atoms with E-state index in [1.54, 1.807) is 36.4 Å². The lowest BCUT2D eigenvalue weighted by Gasteiger charge is -2.34. The number of hydrogen-bond donors (Lipinski definition) is 2. The van der Waals surface area contributed by atoms with Gasteiger partial charge in [-0.25, -0.2) is 4.79 Å². The van der Waals surface area contributed by atoms with E-state index in [-0.39, 0.29) is 11.3 Å². The van der Waals surface area contributed by atoms with Gasteiger partial charge in [-0.2, -0.15) is 0 Å². The third-order valence-electron chi connectivity index (χ3n) is 5.33. The SMILES string of the molecule is CCCCOC(=O)c1ccccc1NC(=O)C(=O)Nc1ccc(N2CCN(C)CC2)cc1. The first kappa shape index (κ1) is 23.3. The van der Waals surface area contributed by atoms with Crippen LogP contribution in [0.3, 0.4) is 0 Å². The van der Waals surface area contributed by atoms with E-state index in [9.17, 15) is 14.4 Å². The van der Waals surface area contributed by atoms with Gasteiger partial charge in [-0.3, -0.25) is 9.59 Å². The maximum atomic E-state index is 12.4. The van der Waals surface area contributed by atoms with Gasteiger partial charge in [0.2, 0.25) is 0 Å². The van der Waals surface area contributed by atoms with Gasteiger partial charge in [0.25, 0.3) is 0 Å². The number of unbranched alkanes of at least 4 members (excludes halogenated alkanes) is 1. The van der Waals surface area contributed by atoms with Crippen LogP contribution in [-0.2, 0) is 14.3 Å². The monoisotopic (exact) mass is 438 g/mol. The van der Waals surface area contributed by atoms with E-state index in [1.807, 2.05) is 19.1 Å². The van der Waals surface area contributed by atoms with E-state index in [0.717, 1.165) is 44.7 Å². The second kappa shape index (κ2) is 11.3. The summed E-state index contributed by atoms with van der Waals surface area (Å²) < 4.78 is 5.22. The molecule has 2 N–H and O–H groups in total. The summed E-state index contributed by atoms with van der Waals surface area (Å²) in [6, 6.07) is 13.9. The number of carbonyl (C=O) groups excluding carboxylic acids is 3. The van der Waals surface area contributed by atoms with Gasteiger partial charge in [0.05, 0.1) is 17.9 Å². The topological polar surface area (TPSA) is 91.0 Å². The van der Waals surface area contributed by atoms with Crippen LogP contribution in [0.4, 0.5) is 17.1 Å². The number of piperazine rings is 1. The van der Waals surface area contributed by atoms with Crippen molar-refractivity contribution in [2.24, 2.45) is 0 Å². The Bertz CT molecular complexity index is 937. The number of esters is 1. The average Bonchev–Trinajstić information content (AvgIpc) is 2.80. The molecule has 1 aliphatic rings. The quantitative estimate of drug-likeness (QED) is 0.392. The van der Waals surface area contributed by atoms with E-state index in [2.05, 4.69) is 27.5 Å². The number of likely N-dealkylation sites (N-methyl/N-ethyl adjacent to an activating group) is 1. The summed E-state index contributed by atoms with van der Waals surface area (Å²) in [5.74, 6) is -2.21. The van der Waals surface area contributed by atoms with Crippen LogP contribution in [0, 0.1) is 0 Å². The average molecular weight is 439 g/mol. The van der Waals surface area contributed by atoms with E-state index in [4.69, 9.17) is 4.74 Å². The molecule has 0 unspecified atom stereocenters. The van der Waals surface area contributed by atoms with Gasteiger partial charge in [-0.1, -0.05) is 25.5 Å². The van der Waals surface area contributed by atoms with Crippen LogP contribution in [0.1, 0.15) is 30.1 Å². The van der Waals surface area contributed by atoms with Crippen LogP contribution in [0.5, 0.6) is 0 Å². The molecule has 8 heteroatoms. The first-order chi connectivity index (χ1) is 15.5. The van der Waals surface area contributed by atoms with E-state index in [1.165, 1.54) is 0 Å². The normalized spacial score (nSPS) is 14.0. The molecule has 1 saturated heterocycles. The molecular formula is C24H30N4O4. The van der Waals surface area contributed by atoms with E-state index >= 15 is 0 Å². The molecule has 0 bridgehead atoms.